The van der Waals surface area contributed by atoms with Crippen LogP contribution in [0.2, 0.25) is 0 Å². The number of carbonyl (C=O) groups is 1. The first-order valence-corrected chi connectivity index (χ1v) is 8.88. The molecule has 0 aliphatic carbocycles. The van der Waals surface area contributed by atoms with Crippen molar-refractivity contribution < 1.29 is 9.21 Å². The summed E-state index contributed by atoms with van der Waals surface area (Å²) in [5.74, 6) is 1.68. The van der Waals surface area contributed by atoms with Crippen molar-refractivity contribution in [3.05, 3.63) is 41.3 Å². The number of carbonyl (C=O) groups excluding carboxylic acids is 1. The summed E-state index contributed by atoms with van der Waals surface area (Å²) in [5, 5.41) is 2.97. The van der Waals surface area contributed by atoms with E-state index in [1.165, 1.54) is 0 Å². The van der Waals surface area contributed by atoms with Crippen molar-refractivity contribution >= 4 is 5.91 Å². The van der Waals surface area contributed by atoms with Crippen LogP contribution in [-0.4, -0.2) is 59.5 Å². The summed E-state index contributed by atoms with van der Waals surface area (Å²) < 4.78 is 5.92. The molecule has 2 aliphatic rings. The van der Waals surface area contributed by atoms with Crippen LogP contribution < -0.4 is 5.32 Å². The number of nitrogens with zero attached hydrogens (tertiary/aromatic N) is 3. The van der Waals surface area contributed by atoms with Gasteiger partial charge in [0.2, 0.25) is 11.8 Å². The van der Waals surface area contributed by atoms with Gasteiger partial charge >= 0.3 is 0 Å². The molecule has 1 unspecified atom stereocenters. The Bertz CT molecular complexity index is 785. The normalized spacial score (nSPS) is 21.8. The number of rotatable bonds is 3. The van der Waals surface area contributed by atoms with Crippen LogP contribution in [0.15, 0.2) is 28.7 Å². The third-order valence-corrected chi connectivity index (χ3v) is 5.22. The zero-order chi connectivity index (χ0) is 17.4. The van der Waals surface area contributed by atoms with E-state index in [1.54, 1.807) is 0 Å². The Labute approximate surface area is 147 Å². The number of nitrogens with one attached hydrogen (secondary N) is 1. The Morgan fingerprint density at radius 2 is 2.08 bits per heavy atom. The van der Waals surface area contributed by atoms with Crippen LogP contribution in [-0.2, 0) is 11.3 Å². The molecule has 25 heavy (non-hydrogen) atoms. The molecule has 2 saturated heterocycles. The largest absolute Gasteiger partial charge is 0.441 e. The second-order valence-electron chi connectivity index (χ2n) is 6.91. The van der Waals surface area contributed by atoms with Gasteiger partial charge in [0.15, 0.2) is 0 Å². The average Bonchev–Trinajstić information content (AvgIpc) is 2.96. The Hall–Kier alpha value is -2.18. The Morgan fingerprint density at radius 1 is 1.24 bits per heavy atom. The number of aryl methyl sites for hydroxylation is 2. The molecule has 1 N–H and O–H groups in total. The number of benzene rings is 1. The molecular formula is C19H24N4O2. The fourth-order valence-corrected chi connectivity index (χ4v) is 3.69. The molecule has 2 fully saturated rings. The molecular weight excluding hydrogens is 316 g/mol. The highest BCUT2D eigenvalue weighted by atomic mass is 16.4. The highest BCUT2D eigenvalue weighted by molar-refractivity contribution is 5.82. The summed E-state index contributed by atoms with van der Waals surface area (Å²) >= 11 is 0. The van der Waals surface area contributed by atoms with Crippen molar-refractivity contribution in [2.45, 2.75) is 26.4 Å². The van der Waals surface area contributed by atoms with Crippen LogP contribution in [0.25, 0.3) is 11.5 Å². The van der Waals surface area contributed by atoms with Crippen molar-refractivity contribution in [3.63, 3.8) is 0 Å². The minimum atomic E-state index is -0.0365. The summed E-state index contributed by atoms with van der Waals surface area (Å²) in [6.07, 6.45) is 0. The molecule has 0 saturated carbocycles. The lowest BCUT2D eigenvalue weighted by molar-refractivity contribution is -0.132. The number of amides is 1. The van der Waals surface area contributed by atoms with E-state index in [-0.39, 0.29) is 11.9 Å². The van der Waals surface area contributed by atoms with Gasteiger partial charge < -0.3 is 9.73 Å². The van der Waals surface area contributed by atoms with Crippen LogP contribution in [0.1, 0.15) is 17.0 Å². The van der Waals surface area contributed by atoms with E-state index < -0.39 is 0 Å². The van der Waals surface area contributed by atoms with Crippen LogP contribution in [0.5, 0.6) is 0 Å². The predicted octanol–water partition coefficient (Wildman–Crippen LogP) is 1.57. The van der Waals surface area contributed by atoms with Gasteiger partial charge in [-0.3, -0.25) is 14.6 Å². The van der Waals surface area contributed by atoms with E-state index in [1.807, 2.05) is 25.1 Å². The molecule has 3 heterocycles. The van der Waals surface area contributed by atoms with Gasteiger partial charge in [-0.15, -0.1) is 0 Å². The zero-order valence-corrected chi connectivity index (χ0v) is 14.8. The van der Waals surface area contributed by atoms with Gasteiger partial charge in [-0.1, -0.05) is 18.2 Å². The SMILES string of the molecule is Cc1ccccc1-c1nc(CN2CCN3CCNC(=O)C3C2)c(C)o1. The number of hydrogen-bond donors (Lipinski definition) is 1. The molecule has 6 nitrogen and oxygen atoms in total. The zero-order valence-electron chi connectivity index (χ0n) is 14.8. The van der Waals surface area contributed by atoms with Gasteiger partial charge in [0.1, 0.15) is 11.8 Å². The maximum absolute atomic E-state index is 12.1. The smallest absolute Gasteiger partial charge is 0.238 e. The second kappa shape index (κ2) is 6.61. The highest BCUT2D eigenvalue weighted by Gasteiger charge is 2.35. The first-order chi connectivity index (χ1) is 12.1. The lowest BCUT2D eigenvalue weighted by atomic mass is 10.1. The standard InChI is InChI=1S/C19H24N4O2/c1-13-5-3-4-6-15(13)19-21-16(14(2)25-19)11-22-9-10-23-8-7-20-18(24)17(23)12-22/h3-6,17H,7-12H2,1-2H3,(H,20,24). The van der Waals surface area contributed by atoms with E-state index in [0.717, 1.165) is 61.8 Å². The van der Waals surface area contributed by atoms with Gasteiger partial charge in [-0.05, 0) is 25.5 Å². The van der Waals surface area contributed by atoms with Crippen molar-refractivity contribution in [2.75, 3.05) is 32.7 Å². The fourth-order valence-electron chi connectivity index (χ4n) is 3.69. The number of fused-ring (bicyclic) bond motifs is 1. The van der Waals surface area contributed by atoms with E-state index in [0.29, 0.717) is 5.89 Å². The predicted molar refractivity (Wildman–Crippen MR) is 95.1 cm³/mol. The monoisotopic (exact) mass is 340 g/mol. The second-order valence-corrected chi connectivity index (χ2v) is 6.91. The van der Waals surface area contributed by atoms with Crippen LogP contribution in [0.4, 0.5) is 0 Å². The van der Waals surface area contributed by atoms with Crippen molar-refractivity contribution in [1.82, 2.24) is 20.1 Å². The Morgan fingerprint density at radius 3 is 2.92 bits per heavy atom. The molecule has 4 rings (SSSR count). The van der Waals surface area contributed by atoms with E-state index in [4.69, 9.17) is 9.40 Å². The number of piperazine rings is 2. The van der Waals surface area contributed by atoms with Crippen LogP contribution in [0, 0.1) is 13.8 Å². The lowest BCUT2D eigenvalue weighted by Gasteiger charge is -2.42. The molecule has 1 amide bonds. The summed E-state index contributed by atoms with van der Waals surface area (Å²) in [5.41, 5.74) is 3.15. The topological polar surface area (TPSA) is 61.6 Å². The molecule has 6 heteroatoms. The molecule has 2 aromatic rings. The molecule has 0 bridgehead atoms. The minimum Gasteiger partial charge on any atom is -0.441 e. The first kappa shape index (κ1) is 16.3. The van der Waals surface area contributed by atoms with Gasteiger partial charge in [-0.25, -0.2) is 4.98 Å². The van der Waals surface area contributed by atoms with Crippen molar-refractivity contribution in [3.8, 4) is 11.5 Å². The summed E-state index contributed by atoms with van der Waals surface area (Å²) in [7, 11) is 0. The molecule has 1 atom stereocenters. The number of hydrogen-bond acceptors (Lipinski definition) is 5. The summed E-state index contributed by atoms with van der Waals surface area (Å²) in [6.45, 7) is 9.09. The Kier molecular flexibility index (Phi) is 4.31. The van der Waals surface area contributed by atoms with Crippen LogP contribution in [0.3, 0.4) is 0 Å². The summed E-state index contributed by atoms with van der Waals surface area (Å²) in [4.78, 5) is 21.4. The van der Waals surface area contributed by atoms with Crippen molar-refractivity contribution in [2.24, 2.45) is 0 Å². The summed E-state index contributed by atoms with van der Waals surface area (Å²) in [6, 6.07) is 8.09. The first-order valence-electron chi connectivity index (χ1n) is 8.88. The molecule has 0 spiro atoms. The van der Waals surface area contributed by atoms with E-state index >= 15 is 0 Å². The number of oxazole rings is 1. The van der Waals surface area contributed by atoms with Gasteiger partial charge in [0.05, 0.1) is 5.69 Å². The molecule has 1 aromatic carbocycles. The Balaban J connectivity index is 1.50. The van der Waals surface area contributed by atoms with E-state index in [9.17, 15) is 4.79 Å². The maximum Gasteiger partial charge on any atom is 0.238 e. The number of aromatic nitrogens is 1. The molecule has 2 aliphatic heterocycles. The maximum atomic E-state index is 12.1. The fraction of sp³-hybridized carbons (Fsp3) is 0.474. The molecule has 132 valence electrons. The van der Waals surface area contributed by atoms with E-state index in [2.05, 4.69) is 28.1 Å². The third-order valence-electron chi connectivity index (χ3n) is 5.22. The van der Waals surface area contributed by atoms with Gasteiger partial charge in [0, 0.05) is 44.8 Å². The lowest BCUT2D eigenvalue weighted by Crippen LogP contribution is -2.63. The average molecular weight is 340 g/mol. The quantitative estimate of drug-likeness (QED) is 0.919. The van der Waals surface area contributed by atoms with Crippen molar-refractivity contribution in [1.29, 1.82) is 0 Å². The van der Waals surface area contributed by atoms with Crippen LogP contribution >= 0.6 is 0 Å². The molecule has 1 aromatic heterocycles. The third kappa shape index (κ3) is 3.19. The highest BCUT2D eigenvalue weighted by Crippen LogP contribution is 2.26. The van der Waals surface area contributed by atoms with Gasteiger partial charge in [0.25, 0.3) is 0 Å². The molecule has 0 radical (unpaired) electrons. The van der Waals surface area contributed by atoms with Gasteiger partial charge in [-0.2, -0.15) is 0 Å². The minimum absolute atomic E-state index is 0.0365.